The van der Waals surface area contributed by atoms with Crippen molar-refractivity contribution in [3.8, 4) is 0 Å². The van der Waals surface area contributed by atoms with Crippen LogP contribution in [0.4, 0.5) is 10.1 Å². The second-order valence-electron chi connectivity index (χ2n) is 6.37. The van der Waals surface area contributed by atoms with Gasteiger partial charge in [0.05, 0.1) is 12.6 Å². The standard InChI is InChI=1S/C19H18FN3OS/c20-14-7-6-13-8-9-23-17(16(13)10-14)11-22(12-18(23)24)19(25)21-15-4-2-1-3-5-15/h1-7,10,17H,8-9,11-12H2,(H,21,25)/t17-/m0/s1. The highest BCUT2D eigenvalue weighted by atomic mass is 32.1. The number of hydrogen-bond donors (Lipinski definition) is 1. The van der Waals surface area contributed by atoms with Gasteiger partial charge < -0.3 is 15.1 Å². The Kier molecular flexibility index (Phi) is 4.13. The third-order valence-electron chi connectivity index (χ3n) is 4.82. The van der Waals surface area contributed by atoms with Gasteiger partial charge in [0.15, 0.2) is 5.11 Å². The molecule has 4 rings (SSSR count). The lowest BCUT2D eigenvalue weighted by Crippen LogP contribution is -2.56. The largest absolute Gasteiger partial charge is 0.337 e. The number of piperazine rings is 1. The van der Waals surface area contributed by atoms with Crippen LogP contribution in [0.2, 0.25) is 0 Å². The second kappa shape index (κ2) is 6.44. The number of fused-ring (bicyclic) bond motifs is 3. The normalized spacial score (nSPS) is 19.2. The topological polar surface area (TPSA) is 35.6 Å². The summed E-state index contributed by atoms with van der Waals surface area (Å²) in [6, 6.07) is 14.3. The van der Waals surface area contributed by atoms with Gasteiger partial charge in [0.1, 0.15) is 5.82 Å². The smallest absolute Gasteiger partial charge is 0.242 e. The Balaban J connectivity index is 1.58. The van der Waals surface area contributed by atoms with Gasteiger partial charge in [-0.1, -0.05) is 24.3 Å². The number of anilines is 1. The Labute approximate surface area is 151 Å². The second-order valence-corrected chi connectivity index (χ2v) is 6.76. The summed E-state index contributed by atoms with van der Waals surface area (Å²) in [5.74, 6) is -0.237. The van der Waals surface area contributed by atoms with Gasteiger partial charge in [0.25, 0.3) is 0 Å². The number of carbonyl (C=O) groups is 1. The first-order chi connectivity index (χ1) is 12.1. The van der Waals surface area contributed by atoms with Gasteiger partial charge in [-0.05, 0) is 54.0 Å². The third kappa shape index (κ3) is 3.09. The highest BCUT2D eigenvalue weighted by Gasteiger charge is 2.37. The van der Waals surface area contributed by atoms with Crippen molar-refractivity contribution in [3.05, 3.63) is 65.5 Å². The molecule has 1 saturated heterocycles. The van der Waals surface area contributed by atoms with E-state index in [9.17, 15) is 9.18 Å². The molecular formula is C19H18FN3OS. The maximum atomic E-state index is 13.7. The molecule has 0 aromatic heterocycles. The molecule has 6 heteroatoms. The zero-order chi connectivity index (χ0) is 17.4. The van der Waals surface area contributed by atoms with Crippen LogP contribution in [0.1, 0.15) is 17.2 Å². The molecule has 2 aromatic carbocycles. The van der Waals surface area contributed by atoms with Crippen LogP contribution in [0.15, 0.2) is 48.5 Å². The molecule has 128 valence electrons. The van der Waals surface area contributed by atoms with E-state index in [1.54, 1.807) is 6.07 Å². The van der Waals surface area contributed by atoms with E-state index in [2.05, 4.69) is 5.32 Å². The molecule has 1 amide bonds. The number of nitrogens with one attached hydrogen (secondary N) is 1. The lowest BCUT2D eigenvalue weighted by molar-refractivity contribution is -0.138. The van der Waals surface area contributed by atoms with Gasteiger partial charge in [-0.3, -0.25) is 4.79 Å². The number of benzene rings is 2. The van der Waals surface area contributed by atoms with E-state index in [0.29, 0.717) is 18.2 Å². The Bertz CT molecular complexity index is 827. The Morgan fingerprint density at radius 1 is 1.20 bits per heavy atom. The molecule has 0 saturated carbocycles. The first-order valence-electron chi connectivity index (χ1n) is 8.30. The van der Waals surface area contributed by atoms with E-state index < -0.39 is 0 Å². The zero-order valence-electron chi connectivity index (χ0n) is 13.6. The number of rotatable bonds is 1. The number of amides is 1. The molecule has 0 aliphatic carbocycles. The molecule has 0 bridgehead atoms. The van der Waals surface area contributed by atoms with E-state index in [1.165, 1.54) is 6.07 Å². The minimum Gasteiger partial charge on any atom is -0.337 e. The summed E-state index contributed by atoms with van der Waals surface area (Å²) in [6.45, 7) is 1.50. The van der Waals surface area contributed by atoms with Crippen molar-refractivity contribution in [2.75, 3.05) is 25.0 Å². The van der Waals surface area contributed by atoms with Crippen LogP contribution in [0.25, 0.3) is 0 Å². The number of thiocarbonyl (C=S) groups is 1. The summed E-state index contributed by atoms with van der Waals surface area (Å²) < 4.78 is 13.7. The molecule has 1 atom stereocenters. The minimum atomic E-state index is -0.268. The van der Waals surface area contributed by atoms with Crippen molar-refractivity contribution in [2.45, 2.75) is 12.5 Å². The van der Waals surface area contributed by atoms with Crippen LogP contribution in [0.5, 0.6) is 0 Å². The molecule has 1 fully saturated rings. The van der Waals surface area contributed by atoms with E-state index in [-0.39, 0.29) is 24.3 Å². The lowest BCUT2D eigenvalue weighted by Gasteiger charge is -2.45. The van der Waals surface area contributed by atoms with Crippen molar-refractivity contribution in [1.82, 2.24) is 9.80 Å². The first-order valence-corrected chi connectivity index (χ1v) is 8.71. The van der Waals surface area contributed by atoms with Crippen LogP contribution < -0.4 is 5.32 Å². The highest BCUT2D eigenvalue weighted by Crippen LogP contribution is 2.33. The summed E-state index contributed by atoms with van der Waals surface area (Å²) in [7, 11) is 0. The van der Waals surface area contributed by atoms with Gasteiger partial charge in [-0.2, -0.15) is 0 Å². The summed E-state index contributed by atoms with van der Waals surface area (Å²) in [5, 5.41) is 3.69. The SMILES string of the molecule is O=C1CN(C(=S)Nc2ccccc2)C[C@H]2c3cc(F)ccc3CCN12. The molecule has 25 heavy (non-hydrogen) atoms. The summed E-state index contributed by atoms with van der Waals surface area (Å²) in [6.07, 6.45) is 0.768. The third-order valence-corrected chi connectivity index (χ3v) is 5.18. The van der Waals surface area contributed by atoms with Gasteiger partial charge in [-0.25, -0.2) is 4.39 Å². The monoisotopic (exact) mass is 355 g/mol. The Morgan fingerprint density at radius 3 is 2.80 bits per heavy atom. The van der Waals surface area contributed by atoms with E-state index in [4.69, 9.17) is 12.2 Å². The molecule has 2 aliphatic heterocycles. The summed E-state index contributed by atoms with van der Waals surface area (Å²) in [4.78, 5) is 16.3. The predicted molar refractivity (Wildman–Crippen MR) is 98.8 cm³/mol. The Hall–Kier alpha value is -2.47. The van der Waals surface area contributed by atoms with Gasteiger partial charge in [0.2, 0.25) is 5.91 Å². The average molecular weight is 355 g/mol. The van der Waals surface area contributed by atoms with E-state index in [1.807, 2.05) is 46.2 Å². The Morgan fingerprint density at radius 2 is 2.00 bits per heavy atom. The maximum absolute atomic E-state index is 13.7. The lowest BCUT2D eigenvalue weighted by atomic mass is 9.90. The van der Waals surface area contributed by atoms with Crippen LogP contribution >= 0.6 is 12.2 Å². The molecule has 2 aliphatic rings. The quantitative estimate of drug-likeness (QED) is 0.798. The molecule has 2 heterocycles. The summed E-state index contributed by atoms with van der Waals surface area (Å²) in [5.41, 5.74) is 2.89. The fraction of sp³-hybridized carbons (Fsp3) is 0.263. The van der Waals surface area contributed by atoms with Crippen molar-refractivity contribution < 1.29 is 9.18 Å². The fourth-order valence-electron chi connectivity index (χ4n) is 3.57. The maximum Gasteiger partial charge on any atom is 0.242 e. The van der Waals surface area contributed by atoms with Crippen LogP contribution in [-0.2, 0) is 11.2 Å². The summed E-state index contributed by atoms with van der Waals surface area (Å²) >= 11 is 5.50. The molecular weight excluding hydrogens is 337 g/mol. The van der Waals surface area contributed by atoms with E-state index in [0.717, 1.165) is 23.2 Å². The van der Waals surface area contributed by atoms with Gasteiger partial charge >= 0.3 is 0 Å². The number of para-hydroxylation sites is 1. The highest BCUT2D eigenvalue weighted by molar-refractivity contribution is 7.80. The predicted octanol–water partition coefficient (Wildman–Crippen LogP) is 2.96. The number of hydrogen-bond acceptors (Lipinski definition) is 2. The molecule has 4 nitrogen and oxygen atoms in total. The number of halogens is 1. The van der Waals surface area contributed by atoms with E-state index >= 15 is 0 Å². The molecule has 1 N–H and O–H groups in total. The average Bonchev–Trinajstić information content (AvgIpc) is 2.62. The van der Waals surface area contributed by atoms with Crippen molar-refractivity contribution in [1.29, 1.82) is 0 Å². The fourth-order valence-corrected chi connectivity index (χ4v) is 3.83. The van der Waals surface area contributed by atoms with Crippen LogP contribution in [-0.4, -0.2) is 40.5 Å². The van der Waals surface area contributed by atoms with Crippen molar-refractivity contribution in [3.63, 3.8) is 0 Å². The minimum absolute atomic E-state index is 0.0309. The number of nitrogens with zero attached hydrogens (tertiary/aromatic N) is 2. The molecule has 0 spiro atoms. The molecule has 0 radical (unpaired) electrons. The van der Waals surface area contributed by atoms with Crippen LogP contribution in [0, 0.1) is 5.82 Å². The number of carbonyl (C=O) groups excluding carboxylic acids is 1. The first kappa shape index (κ1) is 16.0. The zero-order valence-corrected chi connectivity index (χ0v) is 14.4. The van der Waals surface area contributed by atoms with Crippen LogP contribution in [0.3, 0.4) is 0 Å². The molecule has 0 unspecified atom stereocenters. The van der Waals surface area contributed by atoms with Crippen molar-refractivity contribution in [2.24, 2.45) is 0 Å². The van der Waals surface area contributed by atoms with Crippen molar-refractivity contribution >= 4 is 28.9 Å². The van der Waals surface area contributed by atoms with Gasteiger partial charge in [0, 0.05) is 18.8 Å². The van der Waals surface area contributed by atoms with Gasteiger partial charge in [-0.15, -0.1) is 0 Å². The molecule has 2 aromatic rings.